The lowest BCUT2D eigenvalue weighted by atomic mass is 9.93. The molecule has 0 aromatic carbocycles. The second-order valence-electron chi connectivity index (χ2n) is 5.82. The molecule has 2 saturated heterocycles. The van der Waals surface area contributed by atoms with Crippen LogP contribution in [0.4, 0.5) is 0 Å². The summed E-state index contributed by atoms with van der Waals surface area (Å²) in [7, 11) is 1.81. The van der Waals surface area contributed by atoms with Crippen LogP contribution in [-0.4, -0.2) is 50.3 Å². The number of hydrogen-bond donors (Lipinski definition) is 1. The van der Waals surface area contributed by atoms with E-state index in [9.17, 15) is 0 Å². The van der Waals surface area contributed by atoms with Crippen LogP contribution in [-0.2, 0) is 4.74 Å². The van der Waals surface area contributed by atoms with Crippen LogP contribution in [0.5, 0.6) is 0 Å². The maximum Gasteiger partial charge on any atom is 0.0500 e. The van der Waals surface area contributed by atoms with E-state index in [1.807, 2.05) is 7.11 Å². The van der Waals surface area contributed by atoms with Crippen molar-refractivity contribution in [3.05, 3.63) is 0 Å². The van der Waals surface area contributed by atoms with Gasteiger partial charge in [0.25, 0.3) is 0 Å². The van der Waals surface area contributed by atoms with Crippen molar-refractivity contribution in [3.8, 4) is 0 Å². The van der Waals surface area contributed by atoms with E-state index >= 15 is 0 Å². The van der Waals surface area contributed by atoms with Crippen LogP contribution in [0, 0.1) is 5.92 Å². The number of methoxy groups -OCH3 is 1. The molecule has 1 N–H and O–H groups in total. The van der Waals surface area contributed by atoms with Gasteiger partial charge in [0.1, 0.15) is 0 Å². The Labute approximate surface area is 106 Å². The van der Waals surface area contributed by atoms with Crippen molar-refractivity contribution in [2.24, 2.45) is 5.92 Å². The Morgan fingerprint density at radius 1 is 1.29 bits per heavy atom. The summed E-state index contributed by atoms with van der Waals surface area (Å²) in [6.07, 6.45) is 6.92. The fourth-order valence-electron chi connectivity index (χ4n) is 3.48. The van der Waals surface area contributed by atoms with Crippen molar-refractivity contribution in [1.82, 2.24) is 10.2 Å². The smallest absolute Gasteiger partial charge is 0.0500 e. The molecule has 2 aliphatic rings. The zero-order valence-corrected chi connectivity index (χ0v) is 11.5. The summed E-state index contributed by atoms with van der Waals surface area (Å²) < 4.78 is 5.26. The van der Waals surface area contributed by atoms with Crippen molar-refractivity contribution in [2.75, 3.05) is 33.4 Å². The number of hydrogen-bond acceptors (Lipinski definition) is 3. The van der Waals surface area contributed by atoms with Crippen LogP contribution in [0.1, 0.15) is 39.0 Å². The largest absolute Gasteiger partial charge is 0.384 e. The Balaban J connectivity index is 1.87. The minimum atomic E-state index is 0.655. The monoisotopic (exact) mass is 240 g/mol. The third-order valence-electron chi connectivity index (χ3n) is 4.22. The molecule has 0 radical (unpaired) electrons. The van der Waals surface area contributed by atoms with Crippen molar-refractivity contribution in [3.63, 3.8) is 0 Å². The lowest BCUT2D eigenvalue weighted by Gasteiger charge is -2.40. The second-order valence-corrected chi connectivity index (χ2v) is 5.82. The summed E-state index contributed by atoms with van der Waals surface area (Å²) in [5.74, 6) is 0.655. The molecule has 2 heterocycles. The maximum absolute atomic E-state index is 5.26. The summed E-state index contributed by atoms with van der Waals surface area (Å²) in [4.78, 5) is 2.72. The van der Waals surface area contributed by atoms with Gasteiger partial charge in [-0.1, -0.05) is 13.3 Å². The van der Waals surface area contributed by atoms with Gasteiger partial charge in [-0.15, -0.1) is 0 Å². The zero-order valence-electron chi connectivity index (χ0n) is 11.5. The van der Waals surface area contributed by atoms with Crippen LogP contribution in [0.15, 0.2) is 0 Å². The molecule has 100 valence electrons. The molecule has 17 heavy (non-hydrogen) atoms. The summed E-state index contributed by atoms with van der Waals surface area (Å²) in [6.45, 7) is 6.91. The highest BCUT2D eigenvalue weighted by Gasteiger charge is 2.31. The van der Waals surface area contributed by atoms with Gasteiger partial charge >= 0.3 is 0 Å². The standard InChI is InChI=1S/C14H28N2O/c1-12(11-17-2)10-16-9-4-3-7-14(16)13-6-5-8-15-13/h12-15H,3-11H2,1-2H3. The van der Waals surface area contributed by atoms with Gasteiger partial charge in [0.2, 0.25) is 0 Å². The molecule has 0 aromatic heterocycles. The number of likely N-dealkylation sites (tertiary alicyclic amines) is 1. The number of nitrogens with one attached hydrogen (secondary N) is 1. The third kappa shape index (κ3) is 3.67. The SMILES string of the molecule is COCC(C)CN1CCCCC1C1CCCN1. The summed E-state index contributed by atoms with van der Waals surface area (Å²) in [5, 5.41) is 3.69. The Bertz CT molecular complexity index is 216. The number of piperidine rings is 1. The fourth-order valence-corrected chi connectivity index (χ4v) is 3.48. The van der Waals surface area contributed by atoms with Gasteiger partial charge in [-0.3, -0.25) is 4.90 Å². The minimum Gasteiger partial charge on any atom is -0.384 e. The molecular formula is C14H28N2O. The van der Waals surface area contributed by atoms with Gasteiger partial charge in [-0.25, -0.2) is 0 Å². The lowest BCUT2D eigenvalue weighted by Crippen LogP contribution is -2.51. The average Bonchev–Trinajstić information content (AvgIpc) is 2.83. The molecule has 0 bridgehead atoms. The van der Waals surface area contributed by atoms with Crippen LogP contribution >= 0.6 is 0 Å². The topological polar surface area (TPSA) is 24.5 Å². The van der Waals surface area contributed by atoms with Crippen LogP contribution in [0.3, 0.4) is 0 Å². The molecule has 0 spiro atoms. The normalized spacial score (nSPS) is 32.8. The van der Waals surface area contributed by atoms with Crippen molar-refractivity contribution < 1.29 is 4.74 Å². The summed E-state index contributed by atoms with van der Waals surface area (Å²) in [5.41, 5.74) is 0. The van der Waals surface area contributed by atoms with E-state index in [1.165, 1.54) is 51.7 Å². The van der Waals surface area contributed by atoms with E-state index in [-0.39, 0.29) is 0 Å². The fraction of sp³-hybridized carbons (Fsp3) is 1.00. The molecule has 3 unspecified atom stereocenters. The van der Waals surface area contributed by atoms with Crippen LogP contribution < -0.4 is 5.32 Å². The van der Waals surface area contributed by atoms with E-state index in [4.69, 9.17) is 4.74 Å². The predicted octanol–water partition coefficient (Wildman–Crippen LogP) is 1.88. The van der Waals surface area contributed by atoms with Crippen molar-refractivity contribution in [1.29, 1.82) is 0 Å². The molecule has 2 aliphatic heterocycles. The first-order valence-corrected chi connectivity index (χ1v) is 7.27. The van der Waals surface area contributed by atoms with Gasteiger partial charge in [-0.05, 0) is 44.7 Å². The first kappa shape index (κ1) is 13.3. The van der Waals surface area contributed by atoms with E-state index in [2.05, 4.69) is 17.1 Å². The van der Waals surface area contributed by atoms with E-state index in [0.29, 0.717) is 5.92 Å². The Kier molecular flexibility index (Phi) is 5.26. The van der Waals surface area contributed by atoms with Crippen molar-refractivity contribution in [2.45, 2.75) is 51.1 Å². The van der Waals surface area contributed by atoms with E-state index < -0.39 is 0 Å². The highest BCUT2D eigenvalue weighted by atomic mass is 16.5. The number of ether oxygens (including phenoxy) is 1. The molecule has 0 aromatic rings. The quantitative estimate of drug-likeness (QED) is 0.794. The highest BCUT2D eigenvalue weighted by molar-refractivity contribution is 4.90. The second kappa shape index (κ2) is 6.72. The Morgan fingerprint density at radius 3 is 2.88 bits per heavy atom. The first-order chi connectivity index (χ1) is 8.31. The Hall–Kier alpha value is -0.120. The lowest BCUT2D eigenvalue weighted by molar-refractivity contribution is 0.0754. The van der Waals surface area contributed by atoms with E-state index in [1.54, 1.807) is 0 Å². The van der Waals surface area contributed by atoms with Gasteiger partial charge in [-0.2, -0.15) is 0 Å². The molecular weight excluding hydrogens is 212 g/mol. The van der Waals surface area contributed by atoms with Crippen molar-refractivity contribution >= 4 is 0 Å². The highest BCUT2D eigenvalue weighted by Crippen LogP contribution is 2.24. The molecule has 0 aliphatic carbocycles. The molecule has 0 amide bonds. The van der Waals surface area contributed by atoms with E-state index in [0.717, 1.165) is 18.7 Å². The molecule has 2 fully saturated rings. The summed E-state index contributed by atoms with van der Waals surface area (Å²) >= 11 is 0. The van der Waals surface area contributed by atoms with Gasteiger partial charge < -0.3 is 10.1 Å². The number of nitrogens with zero attached hydrogens (tertiary/aromatic N) is 1. The average molecular weight is 240 g/mol. The Morgan fingerprint density at radius 2 is 2.18 bits per heavy atom. The van der Waals surface area contributed by atoms with Gasteiger partial charge in [0, 0.05) is 32.3 Å². The molecule has 0 saturated carbocycles. The predicted molar refractivity (Wildman–Crippen MR) is 71.3 cm³/mol. The third-order valence-corrected chi connectivity index (χ3v) is 4.22. The summed E-state index contributed by atoms with van der Waals surface area (Å²) in [6, 6.07) is 1.54. The minimum absolute atomic E-state index is 0.655. The molecule has 3 heteroatoms. The van der Waals surface area contributed by atoms with Gasteiger partial charge in [0.05, 0.1) is 0 Å². The maximum atomic E-state index is 5.26. The molecule has 3 nitrogen and oxygen atoms in total. The van der Waals surface area contributed by atoms with Crippen LogP contribution in [0.2, 0.25) is 0 Å². The first-order valence-electron chi connectivity index (χ1n) is 7.27. The molecule has 2 rings (SSSR count). The van der Waals surface area contributed by atoms with Crippen LogP contribution in [0.25, 0.3) is 0 Å². The van der Waals surface area contributed by atoms with Gasteiger partial charge in [0.15, 0.2) is 0 Å². The zero-order chi connectivity index (χ0) is 12.1. The molecule has 3 atom stereocenters. The number of rotatable bonds is 5.